The van der Waals surface area contributed by atoms with Gasteiger partial charge in [-0.25, -0.2) is 9.97 Å². The van der Waals surface area contributed by atoms with Crippen molar-refractivity contribution < 1.29 is 9.59 Å². The van der Waals surface area contributed by atoms with E-state index >= 15 is 0 Å². The highest BCUT2D eigenvalue weighted by Crippen LogP contribution is 2.21. The minimum Gasteiger partial charge on any atom is -0.347 e. The summed E-state index contributed by atoms with van der Waals surface area (Å²) in [7, 11) is 3.36. The van der Waals surface area contributed by atoms with E-state index in [-0.39, 0.29) is 23.2 Å². The lowest BCUT2D eigenvalue weighted by Gasteiger charge is -2.25. The number of carbonyl (C=O) groups excluding carboxylic acids is 2. The van der Waals surface area contributed by atoms with Gasteiger partial charge in [-0.15, -0.1) is 0 Å². The monoisotopic (exact) mass is 284 g/mol. The van der Waals surface area contributed by atoms with Gasteiger partial charge in [-0.1, -0.05) is 18.5 Å². The van der Waals surface area contributed by atoms with Crippen LogP contribution in [-0.2, 0) is 4.79 Å². The number of anilines is 1. The van der Waals surface area contributed by atoms with Crippen molar-refractivity contribution in [2.24, 2.45) is 0 Å². The Balaban J connectivity index is 3.08. The summed E-state index contributed by atoms with van der Waals surface area (Å²) in [5.74, 6) is 0.326. The Kier molecular flexibility index (Phi) is 5.69. The van der Waals surface area contributed by atoms with E-state index in [1.807, 2.05) is 6.92 Å². The van der Waals surface area contributed by atoms with Crippen LogP contribution in [0.3, 0.4) is 0 Å². The minimum absolute atomic E-state index is 0.0694. The van der Waals surface area contributed by atoms with Crippen LogP contribution >= 0.6 is 11.6 Å². The molecule has 0 saturated heterocycles. The average molecular weight is 285 g/mol. The number of likely N-dealkylation sites (N-methyl/N-ethyl adjacent to an activating group) is 1. The molecular weight excluding hydrogens is 268 g/mol. The van der Waals surface area contributed by atoms with Crippen molar-refractivity contribution >= 4 is 29.6 Å². The van der Waals surface area contributed by atoms with Crippen LogP contribution in [0.2, 0.25) is 5.15 Å². The summed E-state index contributed by atoms with van der Waals surface area (Å²) in [6.45, 7) is 2.74. The Hall–Kier alpha value is -1.69. The van der Waals surface area contributed by atoms with Gasteiger partial charge in [-0.2, -0.15) is 0 Å². The van der Waals surface area contributed by atoms with Crippen molar-refractivity contribution in [1.82, 2.24) is 14.9 Å². The van der Waals surface area contributed by atoms with Crippen molar-refractivity contribution in [1.29, 1.82) is 0 Å². The fraction of sp³-hybridized carbons (Fsp3) is 0.500. The number of halogens is 1. The second kappa shape index (κ2) is 7.04. The molecule has 1 amide bonds. The van der Waals surface area contributed by atoms with Crippen LogP contribution in [-0.4, -0.2) is 54.2 Å². The molecular formula is C12H17ClN4O2. The molecule has 7 heteroatoms. The van der Waals surface area contributed by atoms with Gasteiger partial charge in [0.15, 0.2) is 6.29 Å². The van der Waals surface area contributed by atoms with E-state index < -0.39 is 0 Å². The quantitative estimate of drug-likeness (QED) is 0.581. The molecule has 0 aromatic carbocycles. The van der Waals surface area contributed by atoms with Crippen LogP contribution in [0.4, 0.5) is 5.82 Å². The van der Waals surface area contributed by atoms with E-state index in [1.165, 1.54) is 11.2 Å². The summed E-state index contributed by atoms with van der Waals surface area (Å²) in [5, 5.41) is 0.0957. The molecule has 1 rings (SSSR count). The predicted molar refractivity (Wildman–Crippen MR) is 73.6 cm³/mol. The smallest absolute Gasteiger partial charge is 0.241 e. The standard InChI is InChI=1S/C12H17ClN4O2/c1-4-5-17(6-10(19)16(2)3)12-9(7-18)11(13)14-8-15-12/h7-8H,4-6H2,1-3H3. The summed E-state index contributed by atoms with van der Waals surface area (Å²) >= 11 is 5.87. The molecule has 1 aromatic heterocycles. The van der Waals surface area contributed by atoms with Crippen molar-refractivity contribution in [2.75, 3.05) is 32.1 Å². The molecule has 0 saturated carbocycles. The molecule has 0 N–H and O–H groups in total. The fourth-order valence-corrected chi connectivity index (χ4v) is 1.73. The number of nitrogens with zero attached hydrogens (tertiary/aromatic N) is 4. The van der Waals surface area contributed by atoms with E-state index in [0.717, 1.165) is 6.42 Å². The van der Waals surface area contributed by atoms with Crippen molar-refractivity contribution in [3.8, 4) is 0 Å². The van der Waals surface area contributed by atoms with Crippen molar-refractivity contribution in [2.45, 2.75) is 13.3 Å². The van der Waals surface area contributed by atoms with Crippen LogP contribution in [0.5, 0.6) is 0 Å². The molecule has 0 unspecified atom stereocenters. The molecule has 1 heterocycles. The highest BCUT2D eigenvalue weighted by Gasteiger charge is 2.18. The third-order valence-electron chi connectivity index (χ3n) is 2.55. The number of aldehydes is 1. The largest absolute Gasteiger partial charge is 0.347 e. The maximum atomic E-state index is 11.8. The van der Waals surface area contributed by atoms with Gasteiger partial charge in [0.05, 0.1) is 12.1 Å². The predicted octanol–water partition coefficient (Wildman–Crippen LogP) is 1.25. The molecule has 0 aliphatic carbocycles. The maximum Gasteiger partial charge on any atom is 0.241 e. The first-order valence-corrected chi connectivity index (χ1v) is 6.29. The van der Waals surface area contributed by atoms with Crippen LogP contribution in [0.25, 0.3) is 0 Å². The molecule has 0 aliphatic rings. The fourth-order valence-electron chi connectivity index (χ4n) is 1.55. The van der Waals surface area contributed by atoms with Crippen LogP contribution in [0.1, 0.15) is 23.7 Å². The average Bonchev–Trinajstić information content (AvgIpc) is 2.37. The van der Waals surface area contributed by atoms with Gasteiger partial charge >= 0.3 is 0 Å². The van der Waals surface area contributed by atoms with Gasteiger partial charge in [0.1, 0.15) is 17.3 Å². The van der Waals surface area contributed by atoms with Gasteiger partial charge in [0, 0.05) is 20.6 Å². The highest BCUT2D eigenvalue weighted by molar-refractivity contribution is 6.32. The molecule has 0 atom stereocenters. The third kappa shape index (κ3) is 3.89. The number of rotatable bonds is 6. The number of carbonyl (C=O) groups is 2. The lowest BCUT2D eigenvalue weighted by molar-refractivity contribution is -0.127. The maximum absolute atomic E-state index is 11.8. The van der Waals surface area contributed by atoms with E-state index in [0.29, 0.717) is 18.6 Å². The molecule has 0 bridgehead atoms. The first-order chi connectivity index (χ1) is 9.01. The minimum atomic E-state index is -0.0694. The molecule has 1 aromatic rings. The highest BCUT2D eigenvalue weighted by atomic mass is 35.5. The molecule has 104 valence electrons. The molecule has 0 spiro atoms. The molecule has 0 radical (unpaired) electrons. The number of hydrogen-bond acceptors (Lipinski definition) is 5. The summed E-state index contributed by atoms with van der Waals surface area (Å²) in [6, 6.07) is 0. The topological polar surface area (TPSA) is 66.4 Å². The SMILES string of the molecule is CCCN(CC(=O)N(C)C)c1ncnc(Cl)c1C=O. The third-order valence-corrected chi connectivity index (χ3v) is 2.85. The van der Waals surface area contributed by atoms with Crippen LogP contribution in [0.15, 0.2) is 6.33 Å². The van der Waals surface area contributed by atoms with E-state index in [2.05, 4.69) is 9.97 Å². The van der Waals surface area contributed by atoms with Gasteiger partial charge < -0.3 is 9.80 Å². The first kappa shape index (κ1) is 15.4. The molecule has 19 heavy (non-hydrogen) atoms. The summed E-state index contributed by atoms with van der Waals surface area (Å²) in [5.41, 5.74) is 0.212. The van der Waals surface area contributed by atoms with Crippen LogP contribution in [0, 0.1) is 0 Å². The Labute approximate surface area is 117 Å². The van der Waals surface area contributed by atoms with Gasteiger partial charge in [-0.05, 0) is 6.42 Å². The lowest BCUT2D eigenvalue weighted by atomic mass is 10.3. The summed E-state index contributed by atoms with van der Waals surface area (Å²) < 4.78 is 0. The van der Waals surface area contributed by atoms with E-state index in [9.17, 15) is 9.59 Å². The molecule has 0 aliphatic heterocycles. The van der Waals surface area contributed by atoms with Gasteiger partial charge in [-0.3, -0.25) is 9.59 Å². The number of amides is 1. The van der Waals surface area contributed by atoms with Crippen molar-refractivity contribution in [3.63, 3.8) is 0 Å². The number of aromatic nitrogens is 2. The van der Waals surface area contributed by atoms with Crippen LogP contribution < -0.4 is 4.90 Å². The Morgan fingerprint density at radius 2 is 2.11 bits per heavy atom. The van der Waals surface area contributed by atoms with E-state index in [1.54, 1.807) is 19.0 Å². The van der Waals surface area contributed by atoms with Crippen molar-refractivity contribution in [3.05, 3.63) is 17.0 Å². The Morgan fingerprint density at radius 3 is 2.63 bits per heavy atom. The normalized spacial score (nSPS) is 10.1. The molecule has 6 nitrogen and oxygen atoms in total. The number of hydrogen-bond donors (Lipinski definition) is 0. The second-order valence-electron chi connectivity index (χ2n) is 4.23. The zero-order valence-corrected chi connectivity index (χ0v) is 12.0. The Bertz CT molecular complexity index is 465. The Morgan fingerprint density at radius 1 is 1.42 bits per heavy atom. The van der Waals surface area contributed by atoms with Gasteiger partial charge in [0.2, 0.25) is 5.91 Å². The summed E-state index contributed by atoms with van der Waals surface area (Å²) in [6.07, 6.45) is 2.72. The molecule has 0 fully saturated rings. The second-order valence-corrected chi connectivity index (χ2v) is 4.59. The van der Waals surface area contributed by atoms with Gasteiger partial charge in [0.25, 0.3) is 0 Å². The zero-order valence-electron chi connectivity index (χ0n) is 11.3. The zero-order chi connectivity index (χ0) is 14.4. The summed E-state index contributed by atoms with van der Waals surface area (Å²) in [4.78, 5) is 34.0. The van der Waals surface area contributed by atoms with E-state index in [4.69, 9.17) is 11.6 Å². The first-order valence-electron chi connectivity index (χ1n) is 5.92. The lowest BCUT2D eigenvalue weighted by Crippen LogP contribution is -2.38.